The van der Waals surface area contributed by atoms with Crippen molar-refractivity contribution in [1.82, 2.24) is 10.2 Å². The van der Waals surface area contributed by atoms with Crippen molar-refractivity contribution in [2.24, 2.45) is 5.41 Å². The molecule has 110 valence electrons. The van der Waals surface area contributed by atoms with Crippen LogP contribution < -0.4 is 5.32 Å². The third kappa shape index (κ3) is 3.28. The fourth-order valence-electron chi connectivity index (χ4n) is 2.86. The Hall–Kier alpha value is -1.06. The average Bonchev–Trinajstić information content (AvgIpc) is 2.29. The first-order valence-electron chi connectivity index (χ1n) is 7.36. The van der Waals surface area contributed by atoms with E-state index in [9.17, 15) is 9.59 Å². The van der Waals surface area contributed by atoms with Gasteiger partial charge < -0.3 is 10.2 Å². The molecule has 1 rings (SSSR count). The Kier molecular flexibility index (Phi) is 4.99. The van der Waals surface area contributed by atoms with Gasteiger partial charge in [0, 0.05) is 6.04 Å². The summed E-state index contributed by atoms with van der Waals surface area (Å²) in [5.41, 5.74) is -0.250. The smallest absolute Gasteiger partial charge is 0.246 e. The van der Waals surface area contributed by atoms with Crippen LogP contribution in [0.4, 0.5) is 0 Å². The summed E-state index contributed by atoms with van der Waals surface area (Å²) in [6.45, 7) is 12.1. The van der Waals surface area contributed by atoms with E-state index in [0.717, 1.165) is 12.8 Å². The highest BCUT2D eigenvalue weighted by atomic mass is 16.2. The SMILES string of the molecule is CCCC(C)N1C(=O)C(CC)NC(=O)C1C(C)(C)C. The van der Waals surface area contributed by atoms with Gasteiger partial charge in [0.25, 0.3) is 0 Å². The molecule has 4 heteroatoms. The lowest BCUT2D eigenvalue weighted by atomic mass is 9.82. The monoisotopic (exact) mass is 268 g/mol. The molecule has 1 aliphatic heterocycles. The molecule has 1 N–H and O–H groups in total. The van der Waals surface area contributed by atoms with Crippen LogP contribution >= 0.6 is 0 Å². The Morgan fingerprint density at radius 2 is 1.84 bits per heavy atom. The number of nitrogens with one attached hydrogen (secondary N) is 1. The Morgan fingerprint density at radius 3 is 2.26 bits per heavy atom. The van der Waals surface area contributed by atoms with Gasteiger partial charge >= 0.3 is 0 Å². The normalized spacial score (nSPS) is 26.3. The van der Waals surface area contributed by atoms with E-state index in [0.29, 0.717) is 6.42 Å². The lowest BCUT2D eigenvalue weighted by Crippen LogP contribution is -2.68. The molecule has 0 saturated carbocycles. The number of hydrogen-bond donors (Lipinski definition) is 1. The average molecular weight is 268 g/mol. The summed E-state index contributed by atoms with van der Waals surface area (Å²) in [5, 5.41) is 2.87. The number of carbonyl (C=O) groups excluding carboxylic acids is 2. The predicted octanol–water partition coefficient (Wildman–Crippen LogP) is 2.33. The molecule has 0 radical (unpaired) electrons. The Labute approximate surface area is 116 Å². The molecule has 0 bridgehead atoms. The van der Waals surface area contributed by atoms with E-state index in [1.54, 1.807) is 0 Å². The van der Waals surface area contributed by atoms with E-state index in [4.69, 9.17) is 0 Å². The predicted molar refractivity (Wildman–Crippen MR) is 76.7 cm³/mol. The minimum Gasteiger partial charge on any atom is -0.342 e. The zero-order valence-electron chi connectivity index (χ0n) is 13.1. The molecule has 0 aliphatic carbocycles. The van der Waals surface area contributed by atoms with E-state index in [2.05, 4.69) is 12.2 Å². The van der Waals surface area contributed by atoms with Crippen LogP contribution in [0.25, 0.3) is 0 Å². The lowest BCUT2D eigenvalue weighted by Gasteiger charge is -2.47. The first-order valence-corrected chi connectivity index (χ1v) is 7.36. The molecule has 1 fully saturated rings. The Balaban J connectivity index is 3.12. The molecule has 0 aromatic rings. The van der Waals surface area contributed by atoms with Crippen LogP contribution in [0.1, 0.15) is 60.8 Å². The number of nitrogens with zero attached hydrogens (tertiary/aromatic N) is 1. The first-order chi connectivity index (χ1) is 8.73. The van der Waals surface area contributed by atoms with Gasteiger partial charge in [0.2, 0.25) is 11.8 Å². The van der Waals surface area contributed by atoms with E-state index in [1.165, 1.54) is 0 Å². The molecule has 19 heavy (non-hydrogen) atoms. The van der Waals surface area contributed by atoms with Gasteiger partial charge in [-0.3, -0.25) is 9.59 Å². The maximum absolute atomic E-state index is 12.6. The van der Waals surface area contributed by atoms with Crippen molar-refractivity contribution in [3.63, 3.8) is 0 Å². The fourth-order valence-corrected chi connectivity index (χ4v) is 2.86. The standard InChI is InChI=1S/C15H28N2O2/c1-7-9-10(3)17-12(15(4,5)6)13(18)16-11(8-2)14(17)19/h10-12H,7-9H2,1-6H3,(H,16,18). The first kappa shape index (κ1) is 16.0. The van der Waals surface area contributed by atoms with Crippen LogP contribution in [-0.4, -0.2) is 34.8 Å². The van der Waals surface area contributed by atoms with Crippen molar-refractivity contribution in [2.75, 3.05) is 0 Å². The van der Waals surface area contributed by atoms with Crippen LogP contribution in [0.15, 0.2) is 0 Å². The zero-order chi connectivity index (χ0) is 14.8. The molecule has 0 aromatic heterocycles. The number of amides is 2. The summed E-state index contributed by atoms with van der Waals surface area (Å²) >= 11 is 0. The Bertz CT molecular complexity index is 347. The van der Waals surface area contributed by atoms with Gasteiger partial charge in [0.1, 0.15) is 12.1 Å². The van der Waals surface area contributed by atoms with Gasteiger partial charge in [-0.25, -0.2) is 0 Å². The molecule has 3 atom stereocenters. The maximum atomic E-state index is 12.6. The highest BCUT2D eigenvalue weighted by Crippen LogP contribution is 2.30. The second-order valence-electron chi connectivity index (χ2n) is 6.62. The van der Waals surface area contributed by atoms with Gasteiger partial charge in [0.15, 0.2) is 0 Å². The van der Waals surface area contributed by atoms with E-state index < -0.39 is 0 Å². The lowest BCUT2D eigenvalue weighted by molar-refractivity contribution is -0.156. The van der Waals surface area contributed by atoms with Crippen molar-refractivity contribution >= 4 is 11.8 Å². The molecule has 2 amide bonds. The molecule has 1 heterocycles. The molecule has 0 aromatic carbocycles. The van der Waals surface area contributed by atoms with Crippen molar-refractivity contribution in [3.05, 3.63) is 0 Å². The van der Waals surface area contributed by atoms with Crippen molar-refractivity contribution in [3.8, 4) is 0 Å². The summed E-state index contributed by atoms with van der Waals surface area (Å²) < 4.78 is 0. The summed E-state index contributed by atoms with van der Waals surface area (Å²) in [7, 11) is 0. The number of piperazine rings is 1. The second kappa shape index (κ2) is 5.93. The summed E-state index contributed by atoms with van der Waals surface area (Å²) in [4.78, 5) is 26.8. The van der Waals surface area contributed by atoms with Crippen molar-refractivity contribution in [1.29, 1.82) is 0 Å². The van der Waals surface area contributed by atoms with Crippen LogP contribution in [0.2, 0.25) is 0 Å². The van der Waals surface area contributed by atoms with Gasteiger partial charge in [-0.2, -0.15) is 0 Å². The molecule has 3 unspecified atom stereocenters. The number of carbonyl (C=O) groups is 2. The molecule has 0 spiro atoms. The van der Waals surface area contributed by atoms with Crippen molar-refractivity contribution < 1.29 is 9.59 Å². The maximum Gasteiger partial charge on any atom is 0.246 e. The third-order valence-electron chi connectivity index (χ3n) is 3.81. The summed E-state index contributed by atoms with van der Waals surface area (Å²) in [5.74, 6) is 0.0601. The molecule has 1 aliphatic rings. The Morgan fingerprint density at radius 1 is 1.26 bits per heavy atom. The summed E-state index contributed by atoms with van der Waals surface area (Å²) in [6, 6.07) is -0.614. The quantitative estimate of drug-likeness (QED) is 0.850. The molecule has 1 saturated heterocycles. The van der Waals surface area contributed by atoms with Crippen LogP contribution in [-0.2, 0) is 9.59 Å². The topological polar surface area (TPSA) is 49.4 Å². The van der Waals surface area contributed by atoms with E-state index in [1.807, 2.05) is 39.5 Å². The minimum absolute atomic E-state index is 0.0121. The van der Waals surface area contributed by atoms with E-state index in [-0.39, 0.29) is 35.4 Å². The molecule has 4 nitrogen and oxygen atoms in total. The van der Waals surface area contributed by atoms with Crippen molar-refractivity contribution in [2.45, 2.75) is 78.9 Å². The molecular weight excluding hydrogens is 240 g/mol. The van der Waals surface area contributed by atoms with Gasteiger partial charge in [-0.1, -0.05) is 41.0 Å². The van der Waals surface area contributed by atoms with Gasteiger partial charge in [0.05, 0.1) is 0 Å². The highest BCUT2D eigenvalue weighted by Gasteiger charge is 2.46. The minimum atomic E-state index is -0.371. The van der Waals surface area contributed by atoms with Crippen LogP contribution in [0.5, 0.6) is 0 Å². The highest BCUT2D eigenvalue weighted by molar-refractivity contribution is 5.97. The zero-order valence-corrected chi connectivity index (χ0v) is 13.1. The summed E-state index contributed by atoms with van der Waals surface area (Å²) in [6.07, 6.45) is 2.60. The van der Waals surface area contributed by atoms with Gasteiger partial charge in [-0.15, -0.1) is 0 Å². The second-order valence-corrected chi connectivity index (χ2v) is 6.62. The van der Waals surface area contributed by atoms with E-state index >= 15 is 0 Å². The fraction of sp³-hybridized carbons (Fsp3) is 0.867. The molecular formula is C15H28N2O2. The largest absolute Gasteiger partial charge is 0.342 e. The number of hydrogen-bond acceptors (Lipinski definition) is 2. The third-order valence-corrected chi connectivity index (χ3v) is 3.81. The van der Waals surface area contributed by atoms with Gasteiger partial charge in [-0.05, 0) is 25.2 Å². The number of rotatable bonds is 4. The van der Waals surface area contributed by atoms with Crippen LogP contribution in [0.3, 0.4) is 0 Å². The van der Waals surface area contributed by atoms with Crippen LogP contribution in [0, 0.1) is 5.41 Å².